The molecule has 5 nitrogen and oxygen atoms in total. The van der Waals surface area contributed by atoms with Crippen LogP contribution in [0.15, 0.2) is 33.5 Å². The van der Waals surface area contributed by atoms with E-state index in [2.05, 4.69) is 0 Å². The number of phenols is 1. The van der Waals surface area contributed by atoms with Gasteiger partial charge in [-0.05, 0) is 23.6 Å². The number of aromatic hydroxyl groups is 1. The van der Waals surface area contributed by atoms with Crippen molar-refractivity contribution in [2.24, 2.45) is 5.92 Å². The van der Waals surface area contributed by atoms with Crippen LogP contribution in [0, 0.1) is 5.92 Å². The number of hydrogen-bond donors (Lipinski definition) is 2. The molecule has 0 saturated carbocycles. The number of carbonyl (C=O) groups is 1. The Balaban J connectivity index is 2.34. The molecule has 21 heavy (non-hydrogen) atoms. The van der Waals surface area contributed by atoms with Crippen LogP contribution in [-0.4, -0.2) is 21.4 Å². The molecule has 0 aliphatic rings. The van der Waals surface area contributed by atoms with Gasteiger partial charge in [0, 0.05) is 23.3 Å². The van der Waals surface area contributed by atoms with Gasteiger partial charge in [0.25, 0.3) is 0 Å². The van der Waals surface area contributed by atoms with Crippen LogP contribution in [0.3, 0.4) is 0 Å². The molecule has 1 atom stereocenters. The number of fused-ring (bicyclic) bond motifs is 1. The average molecular weight is 308 g/mol. The highest BCUT2D eigenvalue weighted by atomic mass is 32.2. The second kappa shape index (κ2) is 6.22. The molecule has 0 amide bonds. The van der Waals surface area contributed by atoms with Gasteiger partial charge in [-0.2, -0.15) is 0 Å². The van der Waals surface area contributed by atoms with E-state index in [1.54, 1.807) is 6.07 Å². The fourth-order valence-corrected chi connectivity index (χ4v) is 3.19. The van der Waals surface area contributed by atoms with Gasteiger partial charge in [-0.25, -0.2) is 4.79 Å². The van der Waals surface area contributed by atoms with E-state index in [9.17, 15) is 19.8 Å². The number of carboxylic acids is 1. The van der Waals surface area contributed by atoms with Crippen LogP contribution >= 0.6 is 11.8 Å². The lowest BCUT2D eigenvalue weighted by Gasteiger charge is -2.16. The number of aliphatic carboxylic acids is 1. The fourth-order valence-electron chi connectivity index (χ4n) is 2.07. The third kappa shape index (κ3) is 3.58. The molecule has 2 aromatic rings. The first-order valence-electron chi connectivity index (χ1n) is 6.48. The standard InChI is InChI=1S/C15H16O5S/c1-8(2)14(15(18)19)21-7-9-5-13(17)20-12-6-10(16)3-4-11(9)12/h3-6,8,14,16H,7H2,1-2H3,(H,18,19). The molecule has 1 aromatic heterocycles. The minimum atomic E-state index is -0.861. The van der Waals surface area contributed by atoms with Crippen LogP contribution in [-0.2, 0) is 10.5 Å². The van der Waals surface area contributed by atoms with E-state index in [0.29, 0.717) is 22.3 Å². The maximum Gasteiger partial charge on any atom is 0.336 e. The van der Waals surface area contributed by atoms with E-state index in [1.165, 1.54) is 30.0 Å². The largest absolute Gasteiger partial charge is 0.508 e. The van der Waals surface area contributed by atoms with Crippen molar-refractivity contribution in [3.05, 3.63) is 40.2 Å². The van der Waals surface area contributed by atoms with Gasteiger partial charge in [0.05, 0.1) is 0 Å². The molecule has 0 fully saturated rings. The third-order valence-corrected chi connectivity index (χ3v) is 4.66. The quantitative estimate of drug-likeness (QED) is 0.826. The third-order valence-electron chi connectivity index (χ3n) is 3.08. The molecule has 0 spiro atoms. The van der Waals surface area contributed by atoms with Crippen molar-refractivity contribution in [2.45, 2.75) is 24.9 Å². The second-order valence-electron chi connectivity index (χ2n) is 5.08. The van der Waals surface area contributed by atoms with Gasteiger partial charge in [-0.3, -0.25) is 4.79 Å². The summed E-state index contributed by atoms with van der Waals surface area (Å²) < 4.78 is 5.04. The number of rotatable bonds is 5. The van der Waals surface area contributed by atoms with Gasteiger partial charge in [0.2, 0.25) is 0 Å². The molecule has 1 unspecified atom stereocenters. The summed E-state index contributed by atoms with van der Waals surface area (Å²) in [5.74, 6) is -0.467. The van der Waals surface area contributed by atoms with Crippen molar-refractivity contribution in [3.8, 4) is 5.75 Å². The molecule has 1 heterocycles. The van der Waals surface area contributed by atoms with Crippen molar-refractivity contribution in [3.63, 3.8) is 0 Å². The maximum atomic E-state index is 11.6. The van der Waals surface area contributed by atoms with Crippen molar-refractivity contribution in [1.82, 2.24) is 0 Å². The monoisotopic (exact) mass is 308 g/mol. The fraction of sp³-hybridized carbons (Fsp3) is 0.333. The van der Waals surface area contributed by atoms with E-state index >= 15 is 0 Å². The van der Waals surface area contributed by atoms with Crippen molar-refractivity contribution in [1.29, 1.82) is 0 Å². The molecule has 2 rings (SSSR count). The SMILES string of the molecule is CC(C)C(SCc1cc(=O)oc2cc(O)ccc12)C(=O)O. The highest BCUT2D eigenvalue weighted by molar-refractivity contribution is 7.99. The number of thioether (sulfide) groups is 1. The van der Waals surface area contributed by atoms with Crippen LogP contribution < -0.4 is 5.63 Å². The average Bonchev–Trinajstić information content (AvgIpc) is 2.36. The predicted molar refractivity (Wildman–Crippen MR) is 81.7 cm³/mol. The zero-order chi connectivity index (χ0) is 15.6. The van der Waals surface area contributed by atoms with E-state index in [-0.39, 0.29) is 11.7 Å². The molecular formula is C15H16O5S. The Hall–Kier alpha value is -1.95. The first-order chi connectivity index (χ1) is 9.88. The summed E-state index contributed by atoms with van der Waals surface area (Å²) in [6.45, 7) is 3.70. The molecule has 0 aliphatic carbocycles. The van der Waals surface area contributed by atoms with Gasteiger partial charge < -0.3 is 14.6 Å². The molecule has 112 valence electrons. The highest BCUT2D eigenvalue weighted by Crippen LogP contribution is 2.28. The molecule has 1 aromatic carbocycles. The summed E-state index contributed by atoms with van der Waals surface area (Å²) in [7, 11) is 0. The first kappa shape index (κ1) is 15.4. The summed E-state index contributed by atoms with van der Waals surface area (Å²) >= 11 is 1.28. The Bertz CT molecular complexity index is 720. The molecular weight excluding hydrogens is 292 g/mol. The summed E-state index contributed by atoms with van der Waals surface area (Å²) in [5.41, 5.74) is 0.493. The Morgan fingerprint density at radius 3 is 2.67 bits per heavy atom. The van der Waals surface area contributed by atoms with Gasteiger partial charge in [0.15, 0.2) is 0 Å². The minimum absolute atomic E-state index is 0.0112. The Labute approximate surface area is 125 Å². The normalized spacial score (nSPS) is 12.7. The topological polar surface area (TPSA) is 87.7 Å². The zero-order valence-corrected chi connectivity index (χ0v) is 12.5. The lowest BCUT2D eigenvalue weighted by Crippen LogP contribution is -2.22. The number of benzene rings is 1. The van der Waals surface area contributed by atoms with E-state index in [1.807, 2.05) is 13.8 Å². The van der Waals surface area contributed by atoms with Crippen LogP contribution in [0.1, 0.15) is 19.4 Å². The number of carboxylic acid groups (broad SMARTS) is 1. The molecule has 2 N–H and O–H groups in total. The van der Waals surface area contributed by atoms with E-state index in [4.69, 9.17) is 4.42 Å². The predicted octanol–water partition coefficient (Wildman–Crippen LogP) is 2.84. The molecule has 0 bridgehead atoms. The zero-order valence-electron chi connectivity index (χ0n) is 11.7. The van der Waals surface area contributed by atoms with Crippen LogP contribution in [0.4, 0.5) is 0 Å². The van der Waals surface area contributed by atoms with Crippen molar-refractivity contribution >= 4 is 28.7 Å². The lowest BCUT2D eigenvalue weighted by atomic mass is 10.1. The Kier molecular flexibility index (Phi) is 4.57. The first-order valence-corrected chi connectivity index (χ1v) is 7.53. The molecule has 0 radical (unpaired) electrons. The van der Waals surface area contributed by atoms with Gasteiger partial charge in [-0.1, -0.05) is 13.8 Å². The van der Waals surface area contributed by atoms with Crippen LogP contribution in [0.5, 0.6) is 5.75 Å². The maximum absolute atomic E-state index is 11.6. The van der Waals surface area contributed by atoms with Crippen molar-refractivity contribution < 1.29 is 19.4 Å². The minimum Gasteiger partial charge on any atom is -0.508 e. The van der Waals surface area contributed by atoms with Gasteiger partial charge in [-0.15, -0.1) is 11.8 Å². The molecule has 0 saturated heterocycles. The van der Waals surface area contributed by atoms with Crippen LogP contribution in [0.2, 0.25) is 0 Å². The molecule has 6 heteroatoms. The van der Waals surface area contributed by atoms with Gasteiger partial charge >= 0.3 is 11.6 Å². The smallest absolute Gasteiger partial charge is 0.336 e. The van der Waals surface area contributed by atoms with Crippen molar-refractivity contribution in [2.75, 3.05) is 0 Å². The number of phenolic OH excluding ortho intramolecular Hbond substituents is 1. The highest BCUT2D eigenvalue weighted by Gasteiger charge is 2.22. The van der Waals surface area contributed by atoms with E-state index < -0.39 is 16.8 Å². The summed E-state index contributed by atoms with van der Waals surface area (Å²) in [6.07, 6.45) is 0. The summed E-state index contributed by atoms with van der Waals surface area (Å²) in [4.78, 5) is 22.8. The summed E-state index contributed by atoms with van der Waals surface area (Å²) in [6, 6.07) is 5.91. The van der Waals surface area contributed by atoms with E-state index in [0.717, 1.165) is 0 Å². The Morgan fingerprint density at radius 2 is 2.05 bits per heavy atom. The van der Waals surface area contributed by atoms with Crippen LogP contribution in [0.25, 0.3) is 11.0 Å². The lowest BCUT2D eigenvalue weighted by molar-refractivity contribution is -0.137. The summed E-state index contributed by atoms with van der Waals surface area (Å²) in [5, 5.41) is 18.8. The van der Waals surface area contributed by atoms with Gasteiger partial charge in [0.1, 0.15) is 16.6 Å². The Morgan fingerprint density at radius 1 is 1.33 bits per heavy atom. The second-order valence-corrected chi connectivity index (χ2v) is 6.21. The molecule has 0 aliphatic heterocycles. The number of hydrogen-bond acceptors (Lipinski definition) is 5.